The first kappa shape index (κ1) is 23.2. The van der Waals surface area contributed by atoms with E-state index in [-0.39, 0.29) is 12.3 Å². The molecular weight excluding hydrogens is 408 g/mol. The summed E-state index contributed by atoms with van der Waals surface area (Å²) >= 11 is 5.79. The lowest BCUT2D eigenvalue weighted by Crippen LogP contribution is -2.30. The number of nitrogens with one attached hydrogen (secondary N) is 2. The van der Waals surface area contributed by atoms with Crippen LogP contribution in [-0.4, -0.2) is 37.0 Å². The van der Waals surface area contributed by atoms with E-state index in [9.17, 15) is 14.4 Å². The maximum absolute atomic E-state index is 12.2. The molecule has 1 unspecified atom stereocenters. The minimum Gasteiger partial charge on any atom is -0.494 e. The van der Waals surface area contributed by atoms with Crippen molar-refractivity contribution < 1.29 is 23.9 Å². The van der Waals surface area contributed by atoms with Gasteiger partial charge >= 0.3 is 5.97 Å². The molecule has 0 aromatic heterocycles. The van der Waals surface area contributed by atoms with E-state index in [2.05, 4.69) is 10.6 Å². The van der Waals surface area contributed by atoms with E-state index >= 15 is 0 Å². The van der Waals surface area contributed by atoms with Crippen molar-refractivity contribution >= 4 is 35.1 Å². The van der Waals surface area contributed by atoms with Crippen molar-refractivity contribution in [2.75, 3.05) is 18.5 Å². The van der Waals surface area contributed by atoms with Gasteiger partial charge in [0.05, 0.1) is 6.61 Å². The fraction of sp³-hybridized carbons (Fsp3) is 0.318. The Morgan fingerprint density at radius 1 is 1.03 bits per heavy atom. The fourth-order valence-electron chi connectivity index (χ4n) is 2.49. The highest BCUT2D eigenvalue weighted by Gasteiger charge is 2.18. The lowest BCUT2D eigenvalue weighted by molar-refractivity contribution is -0.153. The van der Waals surface area contributed by atoms with Gasteiger partial charge < -0.3 is 20.1 Å². The molecule has 0 heterocycles. The SMILES string of the molecule is CCOc1ccc(NC(=O)C(C)OC(=O)CCCNC(=O)c2ccc(Cl)cc2)cc1. The van der Waals surface area contributed by atoms with Crippen LogP contribution in [0.15, 0.2) is 48.5 Å². The van der Waals surface area contributed by atoms with Crippen LogP contribution < -0.4 is 15.4 Å². The number of ether oxygens (including phenoxy) is 2. The highest BCUT2D eigenvalue weighted by molar-refractivity contribution is 6.30. The minimum atomic E-state index is -0.937. The van der Waals surface area contributed by atoms with Crippen LogP contribution in [0.1, 0.15) is 37.0 Å². The summed E-state index contributed by atoms with van der Waals surface area (Å²) in [6.07, 6.45) is -0.458. The molecule has 0 saturated heterocycles. The Morgan fingerprint density at radius 2 is 1.70 bits per heavy atom. The van der Waals surface area contributed by atoms with Gasteiger partial charge in [-0.1, -0.05) is 11.6 Å². The maximum Gasteiger partial charge on any atom is 0.306 e. The van der Waals surface area contributed by atoms with Crippen LogP contribution in [0.5, 0.6) is 5.75 Å². The van der Waals surface area contributed by atoms with Crippen LogP contribution in [0.3, 0.4) is 0 Å². The third-order valence-electron chi connectivity index (χ3n) is 4.06. The van der Waals surface area contributed by atoms with Gasteiger partial charge in [-0.3, -0.25) is 14.4 Å². The molecule has 2 N–H and O–H groups in total. The van der Waals surface area contributed by atoms with E-state index in [0.717, 1.165) is 0 Å². The van der Waals surface area contributed by atoms with E-state index in [1.807, 2.05) is 6.92 Å². The molecule has 2 rings (SSSR count). The third-order valence-corrected chi connectivity index (χ3v) is 4.31. The summed E-state index contributed by atoms with van der Waals surface area (Å²) in [5.41, 5.74) is 1.07. The number of carbonyl (C=O) groups excluding carboxylic acids is 3. The molecule has 0 fully saturated rings. The van der Waals surface area contributed by atoms with Gasteiger partial charge in [-0.2, -0.15) is 0 Å². The van der Waals surface area contributed by atoms with Crippen LogP contribution in [0.25, 0.3) is 0 Å². The molecule has 2 aromatic carbocycles. The zero-order valence-electron chi connectivity index (χ0n) is 16.9. The number of hydrogen-bond donors (Lipinski definition) is 2. The van der Waals surface area contributed by atoms with Gasteiger partial charge in [-0.15, -0.1) is 0 Å². The summed E-state index contributed by atoms with van der Waals surface area (Å²) in [5, 5.41) is 5.95. The highest BCUT2D eigenvalue weighted by Crippen LogP contribution is 2.16. The van der Waals surface area contributed by atoms with Gasteiger partial charge in [0.1, 0.15) is 5.75 Å². The molecule has 2 aromatic rings. The molecule has 0 aliphatic rings. The average Bonchev–Trinajstić information content (AvgIpc) is 2.73. The molecule has 0 radical (unpaired) electrons. The van der Waals surface area contributed by atoms with Crippen molar-refractivity contribution in [1.29, 1.82) is 0 Å². The number of esters is 1. The molecule has 0 bridgehead atoms. The first-order valence-electron chi connectivity index (χ1n) is 9.66. The normalized spacial score (nSPS) is 11.3. The standard InChI is InChI=1S/C22H25ClN2O5/c1-3-29-19-12-10-18(11-13-19)25-21(27)15(2)30-20(26)5-4-14-24-22(28)16-6-8-17(23)9-7-16/h6-13,15H,3-5,14H2,1-2H3,(H,24,28)(H,25,27). The number of hydrogen-bond acceptors (Lipinski definition) is 5. The maximum atomic E-state index is 12.2. The number of rotatable bonds is 10. The van der Waals surface area contributed by atoms with E-state index in [4.69, 9.17) is 21.1 Å². The fourth-order valence-corrected chi connectivity index (χ4v) is 2.62. The summed E-state index contributed by atoms with van der Waals surface area (Å²) in [4.78, 5) is 36.1. The summed E-state index contributed by atoms with van der Waals surface area (Å²) in [6, 6.07) is 13.4. The van der Waals surface area contributed by atoms with Gasteiger partial charge in [0.25, 0.3) is 11.8 Å². The minimum absolute atomic E-state index is 0.0849. The predicted molar refractivity (Wildman–Crippen MR) is 115 cm³/mol. The zero-order valence-corrected chi connectivity index (χ0v) is 17.7. The summed E-state index contributed by atoms with van der Waals surface area (Å²) in [5.74, 6) is -0.477. The summed E-state index contributed by atoms with van der Waals surface area (Å²) in [7, 11) is 0. The second-order valence-electron chi connectivity index (χ2n) is 6.45. The van der Waals surface area contributed by atoms with Crippen LogP contribution in [0, 0.1) is 0 Å². The highest BCUT2D eigenvalue weighted by atomic mass is 35.5. The topological polar surface area (TPSA) is 93.7 Å². The second kappa shape index (κ2) is 11.8. The lowest BCUT2D eigenvalue weighted by atomic mass is 10.2. The van der Waals surface area contributed by atoms with Crippen LogP contribution in [0.4, 0.5) is 5.69 Å². The number of anilines is 1. The first-order chi connectivity index (χ1) is 14.4. The molecule has 160 valence electrons. The Labute approximate surface area is 180 Å². The molecule has 0 aliphatic heterocycles. The van der Waals surface area contributed by atoms with Crippen molar-refractivity contribution in [2.24, 2.45) is 0 Å². The molecule has 30 heavy (non-hydrogen) atoms. The first-order valence-corrected chi connectivity index (χ1v) is 10.0. The number of carbonyl (C=O) groups is 3. The Hall–Kier alpha value is -3.06. The Bertz CT molecular complexity index is 853. The number of halogens is 1. The quantitative estimate of drug-likeness (QED) is 0.439. The van der Waals surface area contributed by atoms with Gasteiger partial charge in [0, 0.05) is 29.2 Å². The van der Waals surface area contributed by atoms with Gasteiger partial charge in [-0.05, 0) is 68.8 Å². The monoisotopic (exact) mass is 432 g/mol. The summed E-state index contributed by atoms with van der Waals surface area (Å²) in [6.45, 7) is 4.26. The molecule has 0 spiro atoms. The second-order valence-corrected chi connectivity index (χ2v) is 6.88. The molecule has 7 nitrogen and oxygen atoms in total. The van der Waals surface area contributed by atoms with Crippen LogP contribution in [0.2, 0.25) is 5.02 Å². The molecule has 2 amide bonds. The van der Waals surface area contributed by atoms with Crippen molar-refractivity contribution in [2.45, 2.75) is 32.8 Å². The molecule has 0 aliphatic carbocycles. The Morgan fingerprint density at radius 3 is 2.33 bits per heavy atom. The predicted octanol–water partition coefficient (Wildman–Crippen LogP) is 3.82. The van der Waals surface area contributed by atoms with Crippen LogP contribution >= 0.6 is 11.6 Å². The third kappa shape index (κ3) is 7.75. The smallest absolute Gasteiger partial charge is 0.306 e. The molecular formula is C22H25ClN2O5. The van der Waals surface area contributed by atoms with Gasteiger partial charge in [0.15, 0.2) is 6.10 Å². The van der Waals surface area contributed by atoms with E-state index in [1.165, 1.54) is 6.92 Å². The van der Waals surface area contributed by atoms with E-state index in [1.54, 1.807) is 48.5 Å². The Kier molecular flexibility index (Phi) is 9.15. The van der Waals surface area contributed by atoms with E-state index in [0.29, 0.717) is 41.6 Å². The Balaban J connectivity index is 1.67. The zero-order chi connectivity index (χ0) is 21.9. The van der Waals surface area contributed by atoms with Gasteiger partial charge in [-0.25, -0.2) is 0 Å². The van der Waals surface area contributed by atoms with Gasteiger partial charge in [0.2, 0.25) is 0 Å². The number of amides is 2. The van der Waals surface area contributed by atoms with E-state index < -0.39 is 18.0 Å². The largest absolute Gasteiger partial charge is 0.494 e. The average molecular weight is 433 g/mol. The van der Waals surface area contributed by atoms with Crippen molar-refractivity contribution in [3.63, 3.8) is 0 Å². The van der Waals surface area contributed by atoms with Crippen molar-refractivity contribution in [3.8, 4) is 5.75 Å². The van der Waals surface area contributed by atoms with Crippen molar-refractivity contribution in [1.82, 2.24) is 5.32 Å². The summed E-state index contributed by atoms with van der Waals surface area (Å²) < 4.78 is 10.5. The van der Waals surface area contributed by atoms with Crippen LogP contribution in [-0.2, 0) is 14.3 Å². The number of benzene rings is 2. The molecule has 0 saturated carbocycles. The molecule has 1 atom stereocenters. The van der Waals surface area contributed by atoms with Crippen molar-refractivity contribution in [3.05, 3.63) is 59.1 Å². The lowest BCUT2D eigenvalue weighted by Gasteiger charge is -2.14. The molecule has 8 heteroatoms.